The molecule has 11 nitrogen and oxygen atoms in total. The summed E-state index contributed by atoms with van der Waals surface area (Å²) < 4.78 is 4.74. The fourth-order valence-corrected chi connectivity index (χ4v) is 4.19. The molecule has 3 rings (SSSR count). The Kier molecular flexibility index (Phi) is 8.68. The van der Waals surface area contributed by atoms with Crippen molar-refractivity contribution in [1.82, 2.24) is 15.6 Å². The summed E-state index contributed by atoms with van der Waals surface area (Å²) in [6.45, 7) is 1.90. The van der Waals surface area contributed by atoms with Crippen molar-refractivity contribution >= 4 is 34.3 Å². The van der Waals surface area contributed by atoms with Crippen LogP contribution in [-0.2, 0) is 16.0 Å². The molecule has 2 aromatic carbocycles. The highest BCUT2D eigenvalue weighted by atomic mass is 32.1. The van der Waals surface area contributed by atoms with E-state index in [0.717, 1.165) is 42.2 Å². The Hall–Kier alpha value is -4.32. The van der Waals surface area contributed by atoms with Gasteiger partial charge in [0.1, 0.15) is 28.2 Å². The molecule has 1 heterocycles. The molecule has 0 saturated carbocycles. The van der Waals surface area contributed by atoms with Gasteiger partial charge in [0.05, 0.1) is 12.8 Å². The predicted molar refractivity (Wildman–Crippen MR) is 133 cm³/mol. The first-order valence-corrected chi connectivity index (χ1v) is 11.7. The molecular weight excluding hydrogens is 488 g/mol. The number of benzene rings is 2. The van der Waals surface area contributed by atoms with Gasteiger partial charge in [-0.05, 0) is 43.2 Å². The number of hydrogen-bond acceptors (Lipinski definition) is 10. The van der Waals surface area contributed by atoms with Gasteiger partial charge in [-0.3, -0.25) is 9.59 Å². The molecule has 0 aliphatic rings. The van der Waals surface area contributed by atoms with Gasteiger partial charge in [-0.25, -0.2) is 9.78 Å². The van der Waals surface area contributed by atoms with E-state index in [0.29, 0.717) is 23.8 Å². The fraction of sp³-hybridized carbons (Fsp3) is 0.250. The topological polar surface area (TPSA) is 170 Å². The number of phenolic OH excluding ortho intramolecular Hbond substituents is 3. The molecule has 190 valence electrons. The number of amides is 2. The minimum absolute atomic E-state index is 0.0258. The van der Waals surface area contributed by atoms with Crippen molar-refractivity contribution < 1.29 is 34.4 Å². The number of methoxy groups -OCH3 is 1. The van der Waals surface area contributed by atoms with Crippen LogP contribution in [0.25, 0.3) is 0 Å². The maximum Gasteiger partial charge on any atom is 0.330 e. The van der Waals surface area contributed by atoms with Crippen LogP contribution in [0.15, 0.2) is 42.5 Å². The minimum Gasteiger partial charge on any atom is -0.508 e. The number of nitrogens with zero attached hydrogens (tertiary/aromatic N) is 1. The maximum absolute atomic E-state index is 12.9. The average Bonchev–Trinajstić information content (AvgIpc) is 3.20. The summed E-state index contributed by atoms with van der Waals surface area (Å²) in [7, 11) is 1.16. The van der Waals surface area contributed by atoms with Crippen molar-refractivity contribution in [3.63, 3.8) is 0 Å². The van der Waals surface area contributed by atoms with Crippen LogP contribution >= 0.6 is 11.3 Å². The van der Waals surface area contributed by atoms with Crippen LogP contribution in [-0.4, -0.2) is 64.3 Å². The fourth-order valence-electron chi connectivity index (χ4n) is 3.29. The smallest absolute Gasteiger partial charge is 0.330 e. The van der Waals surface area contributed by atoms with E-state index in [4.69, 9.17) is 4.74 Å². The van der Waals surface area contributed by atoms with Crippen LogP contribution in [0.4, 0.5) is 5.13 Å². The lowest BCUT2D eigenvalue weighted by Gasteiger charge is -2.17. The van der Waals surface area contributed by atoms with Crippen LogP contribution in [0.3, 0.4) is 0 Å². The lowest BCUT2D eigenvalue weighted by Crippen LogP contribution is -2.49. The Morgan fingerprint density at radius 1 is 1.03 bits per heavy atom. The van der Waals surface area contributed by atoms with E-state index in [1.807, 2.05) is 6.07 Å². The van der Waals surface area contributed by atoms with E-state index in [2.05, 4.69) is 20.9 Å². The molecule has 6 N–H and O–H groups in total. The summed E-state index contributed by atoms with van der Waals surface area (Å²) in [5.74, 6) is -2.42. The number of phenols is 3. The van der Waals surface area contributed by atoms with Gasteiger partial charge in [-0.1, -0.05) is 23.5 Å². The van der Waals surface area contributed by atoms with Gasteiger partial charge in [-0.15, -0.1) is 0 Å². The Morgan fingerprint density at radius 2 is 1.75 bits per heavy atom. The lowest BCUT2D eigenvalue weighted by atomic mass is 10.1. The van der Waals surface area contributed by atoms with Gasteiger partial charge >= 0.3 is 5.97 Å². The third kappa shape index (κ3) is 7.09. The van der Waals surface area contributed by atoms with Gasteiger partial charge in [-0.2, -0.15) is 0 Å². The third-order valence-electron chi connectivity index (χ3n) is 5.03. The third-order valence-corrected chi connectivity index (χ3v) is 6.14. The van der Waals surface area contributed by atoms with E-state index in [-0.39, 0.29) is 34.2 Å². The molecule has 0 bridgehead atoms. The summed E-state index contributed by atoms with van der Waals surface area (Å²) >= 11 is 1.11. The van der Waals surface area contributed by atoms with Crippen molar-refractivity contribution in [3.05, 3.63) is 64.2 Å². The second-order valence-electron chi connectivity index (χ2n) is 7.78. The molecule has 36 heavy (non-hydrogen) atoms. The average molecular weight is 515 g/mol. The Labute approximate surface area is 210 Å². The van der Waals surface area contributed by atoms with Gasteiger partial charge in [0.15, 0.2) is 5.13 Å². The molecule has 0 spiro atoms. The first-order valence-electron chi connectivity index (χ1n) is 10.9. The number of esters is 1. The van der Waals surface area contributed by atoms with Crippen molar-refractivity contribution in [3.8, 4) is 17.2 Å². The molecule has 0 saturated heterocycles. The summed E-state index contributed by atoms with van der Waals surface area (Å²) in [6.07, 6.45) is 0.635. The highest BCUT2D eigenvalue weighted by molar-refractivity contribution is 7.17. The molecular formula is C24H26N4O7S. The van der Waals surface area contributed by atoms with Crippen LogP contribution in [0.2, 0.25) is 0 Å². The summed E-state index contributed by atoms with van der Waals surface area (Å²) in [4.78, 5) is 42.1. The normalized spacial score (nSPS) is 11.4. The highest BCUT2D eigenvalue weighted by Crippen LogP contribution is 2.23. The first-order chi connectivity index (χ1) is 17.2. The summed E-state index contributed by atoms with van der Waals surface area (Å²) in [5.41, 5.74) is 1.38. The van der Waals surface area contributed by atoms with Crippen molar-refractivity contribution in [1.29, 1.82) is 0 Å². The van der Waals surface area contributed by atoms with Crippen LogP contribution < -0.4 is 16.0 Å². The van der Waals surface area contributed by atoms with E-state index in [9.17, 15) is 29.7 Å². The summed E-state index contributed by atoms with van der Waals surface area (Å²) in [6, 6.07) is 9.09. The Morgan fingerprint density at radius 3 is 2.42 bits per heavy atom. The van der Waals surface area contributed by atoms with Crippen molar-refractivity contribution in [2.75, 3.05) is 25.5 Å². The molecule has 12 heteroatoms. The standard InChI is InChI=1S/C24H26N4O7S/c1-13-20(36-24(27-13)25-7-6-14-4-3-5-16(29)8-14)22(33)28-19(23(34)35-2)12-26-21(32)15-9-17(30)11-18(31)10-15/h3-5,8-11,19,29-31H,6-7,12H2,1-2H3,(H,25,27)(H,26,32)(H,28,33). The molecule has 0 aliphatic heterocycles. The lowest BCUT2D eigenvalue weighted by molar-refractivity contribution is -0.142. The Balaban J connectivity index is 1.60. The molecule has 1 aromatic heterocycles. The zero-order valence-corrected chi connectivity index (χ0v) is 20.4. The van der Waals surface area contributed by atoms with E-state index < -0.39 is 23.8 Å². The van der Waals surface area contributed by atoms with E-state index >= 15 is 0 Å². The maximum atomic E-state index is 12.9. The quantitative estimate of drug-likeness (QED) is 0.221. The van der Waals surface area contributed by atoms with Crippen molar-refractivity contribution in [2.45, 2.75) is 19.4 Å². The largest absolute Gasteiger partial charge is 0.508 e. The van der Waals surface area contributed by atoms with Gasteiger partial charge in [0.25, 0.3) is 11.8 Å². The molecule has 1 atom stereocenters. The van der Waals surface area contributed by atoms with Gasteiger partial charge in [0.2, 0.25) is 0 Å². The monoisotopic (exact) mass is 514 g/mol. The number of carbonyl (C=O) groups is 3. The number of anilines is 1. The molecule has 0 aliphatic carbocycles. The number of aromatic hydroxyl groups is 3. The van der Waals surface area contributed by atoms with Gasteiger partial charge in [0, 0.05) is 24.7 Å². The van der Waals surface area contributed by atoms with Gasteiger partial charge < -0.3 is 36.0 Å². The first kappa shape index (κ1) is 26.3. The second kappa shape index (κ2) is 11.9. The number of rotatable bonds is 10. The number of thiazole rings is 1. The van der Waals surface area contributed by atoms with Crippen LogP contribution in [0.5, 0.6) is 17.2 Å². The van der Waals surface area contributed by atoms with Crippen LogP contribution in [0.1, 0.15) is 31.3 Å². The second-order valence-corrected chi connectivity index (χ2v) is 8.78. The molecule has 0 radical (unpaired) electrons. The number of nitrogens with one attached hydrogen (secondary N) is 3. The molecule has 3 aromatic rings. The van der Waals surface area contributed by atoms with Crippen molar-refractivity contribution in [2.24, 2.45) is 0 Å². The highest BCUT2D eigenvalue weighted by Gasteiger charge is 2.25. The van der Waals surface area contributed by atoms with E-state index in [1.165, 1.54) is 0 Å². The zero-order valence-electron chi connectivity index (χ0n) is 19.6. The number of hydrogen-bond donors (Lipinski definition) is 6. The number of aromatic nitrogens is 1. The SMILES string of the molecule is COC(=O)C(CNC(=O)c1cc(O)cc(O)c1)NC(=O)c1sc(NCCc2cccc(O)c2)nc1C. The molecule has 0 fully saturated rings. The number of aryl methyl sites for hydroxylation is 1. The minimum atomic E-state index is -1.19. The van der Waals surface area contributed by atoms with E-state index in [1.54, 1.807) is 25.1 Å². The summed E-state index contributed by atoms with van der Waals surface area (Å²) in [5, 5.41) is 37.3. The molecule has 1 unspecified atom stereocenters. The zero-order chi connectivity index (χ0) is 26.2. The van der Waals surface area contributed by atoms with Crippen LogP contribution in [0, 0.1) is 6.92 Å². The number of carbonyl (C=O) groups excluding carboxylic acids is 3. The number of ether oxygens (including phenoxy) is 1. The molecule has 2 amide bonds. The Bertz CT molecular complexity index is 1240. The predicted octanol–water partition coefficient (Wildman–Crippen LogP) is 1.92.